The van der Waals surface area contributed by atoms with Crippen molar-refractivity contribution in [3.05, 3.63) is 0 Å². The predicted molar refractivity (Wildman–Crippen MR) is 74.3 cm³/mol. The SMILES string of the molecule is C#CCNC(=NCC1CCCC(C(F)(F)F)C1)NCC. The normalized spacial score (nSPS) is 24.1. The Morgan fingerprint density at radius 2 is 2.10 bits per heavy atom. The second-order valence-corrected chi connectivity index (χ2v) is 5.05. The molecule has 0 radical (unpaired) electrons. The van der Waals surface area contributed by atoms with Gasteiger partial charge in [-0.3, -0.25) is 4.99 Å². The van der Waals surface area contributed by atoms with Crippen LogP contribution in [0.25, 0.3) is 0 Å². The molecule has 20 heavy (non-hydrogen) atoms. The Balaban J connectivity index is 2.51. The maximum atomic E-state index is 12.7. The quantitative estimate of drug-likeness (QED) is 0.474. The number of nitrogens with one attached hydrogen (secondary N) is 2. The summed E-state index contributed by atoms with van der Waals surface area (Å²) in [6, 6.07) is 0. The summed E-state index contributed by atoms with van der Waals surface area (Å²) in [4.78, 5) is 4.32. The van der Waals surface area contributed by atoms with Crippen LogP contribution >= 0.6 is 0 Å². The van der Waals surface area contributed by atoms with E-state index < -0.39 is 12.1 Å². The number of halogens is 3. The lowest BCUT2D eigenvalue weighted by Gasteiger charge is -2.29. The standard InChI is InChI=1S/C14H22F3N3/c1-3-8-19-13(18-4-2)20-10-11-6-5-7-12(9-11)14(15,16)17/h1,11-12H,4-10H2,2H3,(H2,18,19,20). The molecule has 0 spiro atoms. The molecule has 0 aliphatic heterocycles. The molecular weight excluding hydrogens is 267 g/mol. The van der Waals surface area contributed by atoms with Crippen molar-refractivity contribution in [2.75, 3.05) is 19.6 Å². The minimum Gasteiger partial charge on any atom is -0.357 e. The Kier molecular flexibility index (Phi) is 6.69. The molecule has 0 bridgehead atoms. The van der Waals surface area contributed by atoms with Gasteiger partial charge in [-0.15, -0.1) is 6.42 Å². The summed E-state index contributed by atoms with van der Waals surface area (Å²) in [6.07, 6.45) is 2.95. The molecule has 2 N–H and O–H groups in total. The van der Waals surface area contributed by atoms with E-state index in [2.05, 4.69) is 21.5 Å². The van der Waals surface area contributed by atoms with Crippen LogP contribution in [0.4, 0.5) is 13.2 Å². The minimum atomic E-state index is -4.07. The first kappa shape index (κ1) is 16.7. The van der Waals surface area contributed by atoms with E-state index in [1.165, 1.54) is 0 Å². The van der Waals surface area contributed by atoms with Gasteiger partial charge >= 0.3 is 6.18 Å². The molecule has 0 amide bonds. The highest BCUT2D eigenvalue weighted by Crippen LogP contribution is 2.39. The van der Waals surface area contributed by atoms with Crippen LogP contribution in [0, 0.1) is 24.2 Å². The average Bonchev–Trinajstić information content (AvgIpc) is 2.41. The van der Waals surface area contributed by atoms with E-state index >= 15 is 0 Å². The van der Waals surface area contributed by atoms with Gasteiger partial charge in [-0.25, -0.2) is 0 Å². The average molecular weight is 289 g/mol. The molecule has 0 saturated heterocycles. The third-order valence-electron chi connectivity index (χ3n) is 3.46. The Morgan fingerprint density at radius 1 is 1.35 bits per heavy atom. The van der Waals surface area contributed by atoms with Gasteiger partial charge in [-0.1, -0.05) is 12.3 Å². The third kappa shape index (κ3) is 5.72. The van der Waals surface area contributed by atoms with Crippen LogP contribution in [0.1, 0.15) is 32.6 Å². The van der Waals surface area contributed by atoms with Gasteiger partial charge in [0.15, 0.2) is 5.96 Å². The van der Waals surface area contributed by atoms with E-state index in [1.54, 1.807) is 0 Å². The molecule has 1 aliphatic rings. The number of hydrogen-bond donors (Lipinski definition) is 2. The van der Waals surface area contributed by atoms with Crippen molar-refractivity contribution in [2.45, 2.75) is 38.8 Å². The van der Waals surface area contributed by atoms with Gasteiger partial charge in [0.25, 0.3) is 0 Å². The number of nitrogens with zero attached hydrogens (tertiary/aromatic N) is 1. The summed E-state index contributed by atoms with van der Waals surface area (Å²) >= 11 is 0. The molecule has 0 aromatic carbocycles. The second kappa shape index (κ2) is 8.03. The molecule has 1 fully saturated rings. The molecule has 2 atom stereocenters. The Hall–Kier alpha value is -1.38. The predicted octanol–water partition coefficient (Wildman–Crippen LogP) is 2.54. The highest BCUT2D eigenvalue weighted by molar-refractivity contribution is 5.79. The van der Waals surface area contributed by atoms with Gasteiger partial charge in [0, 0.05) is 13.1 Å². The van der Waals surface area contributed by atoms with E-state index in [0.717, 1.165) is 6.42 Å². The first-order chi connectivity index (χ1) is 9.47. The number of hydrogen-bond acceptors (Lipinski definition) is 1. The molecule has 1 rings (SSSR count). The van der Waals surface area contributed by atoms with E-state index in [-0.39, 0.29) is 18.8 Å². The Labute approximate surface area is 118 Å². The lowest BCUT2D eigenvalue weighted by atomic mass is 9.81. The van der Waals surface area contributed by atoms with E-state index in [9.17, 15) is 13.2 Å². The molecular formula is C14H22F3N3. The fourth-order valence-corrected chi connectivity index (χ4v) is 2.45. The molecule has 0 aromatic heterocycles. The summed E-state index contributed by atoms with van der Waals surface area (Å²) < 4.78 is 38.2. The lowest BCUT2D eigenvalue weighted by Crippen LogP contribution is -2.38. The van der Waals surface area contributed by atoms with Gasteiger partial charge in [0.1, 0.15) is 0 Å². The van der Waals surface area contributed by atoms with Crippen LogP contribution in [0.5, 0.6) is 0 Å². The Morgan fingerprint density at radius 3 is 2.70 bits per heavy atom. The van der Waals surface area contributed by atoms with Gasteiger partial charge in [-0.05, 0) is 32.1 Å². The zero-order chi connectivity index (χ0) is 15.0. The monoisotopic (exact) mass is 289 g/mol. The van der Waals surface area contributed by atoms with Crippen molar-refractivity contribution in [1.29, 1.82) is 0 Å². The summed E-state index contributed by atoms with van der Waals surface area (Å²) in [5.41, 5.74) is 0. The van der Waals surface area contributed by atoms with Crippen molar-refractivity contribution < 1.29 is 13.2 Å². The van der Waals surface area contributed by atoms with Crippen LogP contribution in [-0.4, -0.2) is 31.8 Å². The molecule has 114 valence electrons. The van der Waals surface area contributed by atoms with Crippen LogP contribution in [0.3, 0.4) is 0 Å². The number of guanidine groups is 1. The van der Waals surface area contributed by atoms with Crippen LogP contribution in [0.15, 0.2) is 4.99 Å². The minimum absolute atomic E-state index is 0.00309. The van der Waals surface area contributed by atoms with Crippen molar-refractivity contribution >= 4 is 5.96 Å². The topological polar surface area (TPSA) is 36.4 Å². The van der Waals surface area contributed by atoms with Gasteiger partial charge < -0.3 is 10.6 Å². The fraction of sp³-hybridized carbons (Fsp3) is 0.786. The second-order valence-electron chi connectivity index (χ2n) is 5.05. The van der Waals surface area contributed by atoms with Crippen LogP contribution < -0.4 is 10.6 Å². The first-order valence-corrected chi connectivity index (χ1v) is 6.99. The van der Waals surface area contributed by atoms with Gasteiger partial charge in [0.2, 0.25) is 0 Å². The molecule has 1 saturated carbocycles. The van der Waals surface area contributed by atoms with Crippen molar-refractivity contribution in [3.63, 3.8) is 0 Å². The van der Waals surface area contributed by atoms with Crippen LogP contribution in [-0.2, 0) is 0 Å². The Bertz CT molecular complexity index is 358. The molecule has 3 nitrogen and oxygen atoms in total. The van der Waals surface area contributed by atoms with E-state index in [1.807, 2.05) is 6.92 Å². The fourth-order valence-electron chi connectivity index (χ4n) is 2.45. The maximum absolute atomic E-state index is 12.7. The summed E-state index contributed by atoms with van der Waals surface area (Å²) in [7, 11) is 0. The zero-order valence-electron chi connectivity index (χ0n) is 11.8. The molecule has 0 heterocycles. The van der Waals surface area contributed by atoms with Crippen LogP contribution in [0.2, 0.25) is 0 Å². The first-order valence-electron chi connectivity index (χ1n) is 6.99. The number of aliphatic imine (C=N–C) groups is 1. The summed E-state index contributed by atoms with van der Waals surface area (Å²) in [5, 5.41) is 5.95. The molecule has 6 heteroatoms. The van der Waals surface area contributed by atoms with E-state index in [0.29, 0.717) is 32.0 Å². The summed E-state index contributed by atoms with van der Waals surface area (Å²) in [6.45, 7) is 3.37. The maximum Gasteiger partial charge on any atom is 0.391 e. The third-order valence-corrected chi connectivity index (χ3v) is 3.46. The van der Waals surface area contributed by atoms with Crippen molar-refractivity contribution in [1.82, 2.24) is 10.6 Å². The molecule has 1 aliphatic carbocycles. The molecule has 2 unspecified atom stereocenters. The number of terminal acetylenes is 1. The van der Waals surface area contributed by atoms with Gasteiger partial charge in [-0.2, -0.15) is 13.2 Å². The largest absolute Gasteiger partial charge is 0.391 e. The number of alkyl halides is 3. The molecule has 0 aromatic rings. The highest BCUT2D eigenvalue weighted by Gasteiger charge is 2.41. The van der Waals surface area contributed by atoms with Crippen molar-refractivity contribution in [2.24, 2.45) is 16.8 Å². The lowest BCUT2D eigenvalue weighted by molar-refractivity contribution is -0.185. The summed E-state index contributed by atoms with van der Waals surface area (Å²) in [5.74, 6) is 1.84. The van der Waals surface area contributed by atoms with Crippen molar-refractivity contribution in [3.8, 4) is 12.3 Å². The van der Waals surface area contributed by atoms with E-state index in [4.69, 9.17) is 6.42 Å². The number of rotatable bonds is 4. The van der Waals surface area contributed by atoms with Gasteiger partial charge in [0.05, 0.1) is 12.5 Å². The highest BCUT2D eigenvalue weighted by atomic mass is 19.4. The zero-order valence-corrected chi connectivity index (χ0v) is 11.8. The smallest absolute Gasteiger partial charge is 0.357 e.